The maximum Gasteiger partial charge on any atom is 0.0333 e. The largest absolute Gasteiger partial charge is 0.324 e. The molecule has 0 amide bonds. The molecule has 2 aliphatic rings. The van der Waals surface area contributed by atoms with E-state index in [1.807, 2.05) is 0 Å². The number of rotatable bonds is 2. The number of nitrogens with one attached hydrogen (secondary N) is 1. The standard InChI is InChI=1S/C14H20N2/c1-14(15)9-16-8-13(14)12-4-2-3-11(7-12)10-5-6-10/h2-4,7,10,13,16H,5-6,8-9,15H2,1H3. The first-order chi connectivity index (χ1) is 7.67. The van der Waals surface area contributed by atoms with Crippen molar-refractivity contribution < 1.29 is 0 Å². The second-order valence-corrected chi connectivity index (χ2v) is 5.63. The van der Waals surface area contributed by atoms with E-state index in [0.717, 1.165) is 19.0 Å². The third-order valence-electron chi connectivity index (χ3n) is 4.01. The molecule has 3 N–H and O–H groups in total. The fourth-order valence-corrected chi connectivity index (χ4v) is 2.79. The zero-order valence-corrected chi connectivity index (χ0v) is 9.87. The zero-order valence-electron chi connectivity index (χ0n) is 9.87. The van der Waals surface area contributed by atoms with Crippen molar-refractivity contribution in [2.45, 2.75) is 37.1 Å². The predicted molar refractivity (Wildman–Crippen MR) is 66.6 cm³/mol. The van der Waals surface area contributed by atoms with E-state index in [2.05, 4.69) is 36.5 Å². The maximum absolute atomic E-state index is 6.33. The molecule has 1 aliphatic heterocycles. The topological polar surface area (TPSA) is 38.0 Å². The number of benzene rings is 1. The van der Waals surface area contributed by atoms with E-state index in [1.165, 1.54) is 24.0 Å². The molecule has 3 rings (SSSR count). The van der Waals surface area contributed by atoms with Gasteiger partial charge in [-0.1, -0.05) is 24.3 Å². The average Bonchev–Trinajstić information content (AvgIpc) is 3.03. The van der Waals surface area contributed by atoms with Gasteiger partial charge in [0.05, 0.1) is 0 Å². The molecule has 86 valence electrons. The van der Waals surface area contributed by atoms with Crippen molar-refractivity contribution in [1.82, 2.24) is 5.32 Å². The van der Waals surface area contributed by atoms with Crippen molar-refractivity contribution in [1.29, 1.82) is 0 Å². The molecule has 0 bridgehead atoms. The van der Waals surface area contributed by atoms with E-state index in [9.17, 15) is 0 Å². The minimum atomic E-state index is -0.0951. The minimum Gasteiger partial charge on any atom is -0.324 e. The highest BCUT2D eigenvalue weighted by atomic mass is 15.0. The van der Waals surface area contributed by atoms with Gasteiger partial charge in [0.1, 0.15) is 0 Å². The fraction of sp³-hybridized carbons (Fsp3) is 0.571. The molecule has 1 saturated carbocycles. The van der Waals surface area contributed by atoms with Gasteiger partial charge in [-0.2, -0.15) is 0 Å². The first kappa shape index (κ1) is 10.3. The van der Waals surface area contributed by atoms with Gasteiger partial charge in [-0.3, -0.25) is 0 Å². The highest BCUT2D eigenvalue weighted by Crippen LogP contribution is 2.41. The van der Waals surface area contributed by atoms with Crippen LogP contribution in [0.4, 0.5) is 0 Å². The average molecular weight is 216 g/mol. The van der Waals surface area contributed by atoms with Crippen LogP contribution < -0.4 is 11.1 Å². The van der Waals surface area contributed by atoms with Crippen molar-refractivity contribution in [2.75, 3.05) is 13.1 Å². The van der Waals surface area contributed by atoms with Crippen LogP contribution >= 0.6 is 0 Å². The third kappa shape index (κ3) is 1.76. The maximum atomic E-state index is 6.33. The Morgan fingerprint density at radius 1 is 1.31 bits per heavy atom. The Kier molecular flexibility index (Phi) is 2.30. The monoisotopic (exact) mass is 216 g/mol. The Labute approximate surface area is 97.2 Å². The summed E-state index contributed by atoms with van der Waals surface area (Å²) < 4.78 is 0. The van der Waals surface area contributed by atoms with Crippen LogP contribution in [0, 0.1) is 0 Å². The number of hydrogen-bond acceptors (Lipinski definition) is 2. The van der Waals surface area contributed by atoms with E-state index in [-0.39, 0.29) is 5.54 Å². The first-order valence-corrected chi connectivity index (χ1v) is 6.26. The summed E-state index contributed by atoms with van der Waals surface area (Å²) >= 11 is 0. The van der Waals surface area contributed by atoms with E-state index < -0.39 is 0 Å². The lowest BCUT2D eigenvalue weighted by atomic mass is 9.83. The van der Waals surface area contributed by atoms with E-state index in [1.54, 1.807) is 0 Å². The highest BCUT2D eigenvalue weighted by molar-refractivity contribution is 5.34. The second-order valence-electron chi connectivity index (χ2n) is 5.63. The lowest BCUT2D eigenvalue weighted by Crippen LogP contribution is -2.42. The fourth-order valence-electron chi connectivity index (χ4n) is 2.79. The quantitative estimate of drug-likeness (QED) is 0.793. The Balaban J connectivity index is 1.90. The van der Waals surface area contributed by atoms with Gasteiger partial charge >= 0.3 is 0 Å². The predicted octanol–water partition coefficient (Wildman–Crippen LogP) is 1.97. The smallest absolute Gasteiger partial charge is 0.0333 e. The minimum absolute atomic E-state index is 0.0951. The molecule has 1 aliphatic carbocycles. The van der Waals surface area contributed by atoms with E-state index in [4.69, 9.17) is 5.73 Å². The number of hydrogen-bond donors (Lipinski definition) is 2. The summed E-state index contributed by atoms with van der Waals surface area (Å²) in [6.45, 7) is 4.09. The van der Waals surface area contributed by atoms with E-state index in [0.29, 0.717) is 5.92 Å². The van der Waals surface area contributed by atoms with E-state index >= 15 is 0 Å². The van der Waals surface area contributed by atoms with Gasteiger partial charge in [-0.25, -0.2) is 0 Å². The van der Waals surface area contributed by atoms with Crippen LogP contribution in [0.5, 0.6) is 0 Å². The lowest BCUT2D eigenvalue weighted by Gasteiger charge is -2.26. The molecule has 0 radical (unpaired) electrons. The van der Waals surface area contributed by atoms with Gasteiger partial charge in [0, 0.05) is 24.5 Å². The Bertz CT molecular complexity index is 393. The molecule has 0 spiro atoms. The molecular formula is C14H20N2. The van der Waals surface area contributed by atoms with Crippen molar-refractivity contribution in [2.24, 2.45) is 5.73 Å². The van der Waals surface area contributed by atoms with Crippen LogP contribution in [-0.2, 0) is 0 Å². The van der Waals surface area contributed by atoms with Crippen molar-refractivity contribution in [3.05, 3.63) is 35.4 Å². The van der Waals surface area contributed by atoms with Gasteiger partial charge in [-0.05, 0) is 36.8 Å². The molecule has 2 heteroatoms. The summed E-state index contributed by atoms with van der Waals surface area (Å²) in [5.74, 6) is 1.30. The molecule has 2 unspecified atom stereocenters. The molecular weight excluding hydrogens is 196 g/mol. The van der Waals surface area contributed by atoms with Gasteiger partial charge in [0.15, 0.2) is 0 Å². The summed E-state index contributed by atoms with van der Waals surface area (Å²) in [4.78, 5) is 0. The van der Waals surface area contributed by atoms with Crippen LogP contribution in [0.15, 0.2) is 24.3 Å². The number of nitrogens with two attached hydrogens (primary N) is 1. The molecule has 1 saturated heterocycles. The molecule has 2 atom stereocenters. The molecule has 1 aromatic carbocycles. The van der Waals surface area contributed by atoms with Crippen LogP contribution in [-0.4, -0.2) is 18.6 Å². The van der Waals surface area contributed by atoms with Crippen molar-refractivity contribution in [3.63, 3.8) is 0 Å². The summed E-state index contributed by atoms with van der Waals surface area (Å²) in [6, 6.07) is 9.06. The summed E-state index contributed by atoms with van der Waals surface area (Å²) in [5.41, 5.74) is 9.17. The van der Waals surface area contributed by atoms with Gasteiger partial charge < -0.3 is 11.1 Å². The summed E-state index contributed by atoms with van der Waals surface area (Å²) in [6.07, 6.45) is 2.73. The molecule has 1 heterocycles. The molecule has 16 heavy (non-hydrogen) atoms. The Morgan fingerprint density at radius 2 is 2.06 bits per heavy atom. The Hall–Kier alpha value is -0.860. The van der Waals surface area contributed by atoms with Crippen LogP contribution in [0.2, 0.25) is 0 Å². The lowest BCUT2D eigenvalue weighted by molar-refractivity contribution is 0.462. The first-order valence-electron chi connectivity index (χ1n) is 6.26. The van der Waals surface area contributed by atoms with Gasteiger partial charge in [0.2, 0.25) is 0 Å². The van der Waals surface area contributed by atoms with Gasteiger partial charge in [-0.15, -0.1) is 0 Å². The third-order valence-corrected chi connectivity index (χ3v) is 4.01. The highest BCUT2D eigenvalue weighted by Gasteiger charge is 2.36. The molecule has 2 nitrogen and oxygen atoms in total. The normalized spacial score (nSPS) is 34.2. The molecule has 2 fully saturated rings. The van der Waals surface area contributed by atoms with Crippen molar-refractivity contribution >= 4 is 0 Å². The molecule has 1 aromatic rings. The summed E-state index contributed by atoms with van der Waals surface area (Å²) in [7, 11) is 0. The second kappa shape index (κ2) is 3.57. The van der Waals surface area contributed by atoms with Crippen LogP contribution in [0.1, 0.15) is 42.7 Å². The van der Waals surface area contributed by atoms with Crippen LogP contribution in [0.3, 0.4) is 0 Å². The van der Waals surface area contributed by atoms with Crippen LogP contribution in [0.25, 0.3) is 0 Å². The summed E-state index contributed by atoms with van der Waals surface area (Å²) in [5, 5.41) is 3.40. The van der Waals surface area contributed by atoms with Crippen molar-refractivity contribution in [3.8, 4) is 0 Å². The molecule has 0 aromatic heterocycles. The van der Waals surface area contributed by atoms with Gasteiger partial charge in [0.25, 0.3) is 0 Å². The SMILES string of the molecule is CC1(N)CNCC1c1cccc(C2CC2)c1. The zero-order chi connectivity index (χ0) is 11.2. The Morgan fingerprint density at radius 3 is 2.69 bits per heavy atom.